The Balaban J connectivity index is 1.48. The molecule has 6 nitrogen and oxygen atoms in total. The van der Waals surface area contributed by atoms with E-state index in [9.17, 15) is 14.4 Å². The van der Waals surface area contributed by atoms with Gasteiger partial charge in [0.2, 0.25) is 6.79 Å². The molecule has 2 aromatic rings. The summed E-state index contributed by atoms with van der Waals surface area (Å²) in [5.41, 5.74) is 3.10. The first-order valence-corrected chi connectivity index (χ1v) is 10.7. The van der Waals surface area contributed by atoms with Crippen LogP contribution in [0.4, 0.5) is 0 Å². The third-order valence-corrected chi connectivity index (χ3v) is 5.26. The lowest BCUT2D eigenvalue weighted by molar-refractivity contribution is -0.170. The van der Waals surface area contributed by atoms with Gasteiger partial charge < -0.3 is 14.4 Å². The minimum Gasteiger partial charge on any atom is -0.427 e. The first kappa shape index (κ1) is 23.3. The van der Waals surface area contributed by atoms with Gasteiger partial charge in [0, 0.05) is 24.7 Å². The van der Waals surface area contributed by atoms with Crippen LogP contribution in [0.25, 0.3) is 11.1 Å². The van der Waals surface area contributed by atoms with Crippen molar-refractivity contribution in [2.45, 2.75) is 33.6 Å². The maximum Gasteiger partial charge on any atom is 0.333 e. The second kappa shape index (κ2) is 10.3. The van der Waals surface area contributed by atoms with Gasteiger partial charge in [-0.15, -0.1) is 0 Å². The molecular formula is C26H29NO5. The minimum absolute atomic E-state index is 0.0136. The van der Waals surface area contributed by atoms with Crippen LogP contribution in [0.3, 0.4) is 0 Å². The Morgan fingerprint density at radius 3 is 2.06 bits per heavy atom. The molecule has 0 radical (unpaired) electrons. The normalized spacial score (nSPS) is 14.0. The number of carbonyl (C=O) groups excluding carboxylic acids is 3. The lowest BCUT2D eigenvalue weighted by Crippen LogP contribution is -2.36. The zero-order valence-corrected chi connectivity index (χ0v) is 18.8. The second-order valence-corrected chi connectivity index (χ2v) is 8.80. The largest absolute Gasteiger partial charge is 0.427 e. The molecule has 1 amide bonds. The van der Waals surface area contributed by atoms with Gasteiger partial charge in [-0.3, -0.25) is 9.59 Å². The summed E-state index contributed by atoms with van der Waals surface area (Å²) in [6.07, 6.45) is 2.64. The standard InChI is InChI=1S/C26H29NO5/c1-26(2,3)25(30)32-18-31-23(28)17-19-13-15-27(16-14-19)24(29)22-11-9-21(10-12-22)20-7-5-4-6-8-20/h4-12,17H,13-16,18H2,1-3H3. The van der Waals surface area contributed by atoms with Crippen LogP contribution in [0.15, 0.2) is 66.2 Å². The SMILES string of the molecule is CC(C)(C)C(=O)OCOC(=O)C=C1CCN(C(=O)c2ccc(-c3ccccc3)cc2)CC1. The van der Waals surface area contributed by atoms with Gasteiger partial charge in [0.15, 0.2) is 0 Å². The number of hydrogen-bond acceptors (Lipinski definition) is 5. The molecule has 1 heterocycles. The van der Waals surface area contributed by atoms with E-state index in [0.29, 0.717) is 31.5 Å². The highest BCUT2D eigenvalue weighted by Crippen LogP contribution is 2.22. The molecule has 0 aliphatic carbocycles. The predicted molar refractivity (Wildman–Crippen MR) is 122 cm³/mol. The molecule has 168 valence electrons. The van der Waals surface area contributed by atoms with E-state index in [1.54, 1.807) is 25.7 Å². The molecule has 0 aromatic heterocycles. The zero-order chi connectivity index (χ0) is 23.1. The third-order valence-electron chi connectivity index (χ3n) is 5.26. The number of carbonyl (C=O) groups is 3. The van der Waals surface area contributed by atoms with Gasteiger partial charge in [-0.2, -0.15) is 0 Å². The van der Waals surface area contributed by atoms with E-state index in [-0.39, 0.29) is 5.91 Å². The molecule has 0 N–H and O–H groups in total. The Kier molecular flexibility index (Phi) is 7.46. The van der Waals surface area contributed by atoms with E-state index >= 15 is 0 Å². The molecular weight excluding hydrogens is 406 g/mol. The quantitative estimate of drug-likeness (QED) is 0.390. The highest BCUT2D eigenvalue weighted by atomic mass is 16.7. The molecule has 3 rings (SSSR count). The molecule has 0 saturated carbocycles. The van der Waals surface area contributed by atoms with Crippen LogP contribution in [-0.2, 0) is 19.1 Å². The smallest absolute Gasteiger partial charge is 0.333 e. The molecule has 1 aliphatic rings. The molecule has 1 saturated heterocycles. The molecule has 0 bridgehead atoms. The topological polar surface area (TPSA) is 72.9 Å². The summed E-state index contributed by atoms with van der Waals surface area (Å²) in [4.78, 5) is 38.3. The Bertz CT molecular complexity index is 977. The summed E-state index contributed by atoms with van der Waals surface area (Å²) in [6, 6.07) is 17.6. The van der Waals surface area contributed by atoms with Crippen molar-refractivity contribution >= 4 is 17.8 Å². The number of esters is 2. The van der Waals surface area contributed by atoms with E-state index < -0.39 is 24.1 Å². The van der Waals surface area contributed by atoms with E-state index in [4.69, 9.17) is 9.47 Å². The Morgan fingerprint density at radius 2 is 1.47 bits per heavy atom. The average Bonchev–Trinajstić information content (AvgIpc) is 2.79. The minimum atomic E-state index is -0.647. The van der Waals surface area contributed by atoms with Gasteiger partial charge in [0.05, 0.1) is 5.41 Å². The van der Waals surface area contributed by atoms with Gasteiger partial charge in [0.25, 0.3) is 5.91 Å². The molecule has 6 heteroatoms. The van der Waals surface area contributed by atoms with Crippen molar-refractivity contribution in [1.29, 1.82) is 0 Å². The fourth-order valence-corrected chi connectivity index (χ4v) is 3.33. The van der Waals surface area contributed by atoms with Crippen molar-refractivity contribution in [3.63, 3.8) is 0 Å². The molecule has 2 aromatic carbocycles. The summed E-state index contributed by atoms with van der Waals surface area (Å²) < 4.78 is 9.90. The van der Waals surface area contributed by atoms with Crippen LogP contribution in [0.5, 0.6) is 0 Å². The van der Waals surface area contributed by atoms with Crippen molar-refractivity contribution in [2.75, 3.05) is 19.9 Å². The van der Waals surface area contributed by atoms with Crippen LogP contribution in [0, 0.1) is 5.41 Å². The van der Waals surface area contributed by atoms with Crippen molar-refractivity contribution in [3.8, 4) is 11.1 Å². The van der Waals surface area contributed by atoms with Gasteiger partial charge in [-0.25, -0.2) is 4.79 Å². The van der Waals surface area contributed by atoms with Crippen LogP contribution in [0.1, 0.15) is 44.0 Å². The molecule has 0 atom stereocenters. The van der Waals surface area contributed by atoms with Crippen molar-refractivity contribution in [2.24, 2.45) is 5.41 Å². The third kappa shape index (κ3) is 6.30. The molecule has 1 aliphatic heterocycles. The lowest BCUT2D eigenvalue weighted by atomic mass is 9.98. The first-order chi connectivity index (χ1) is 15.2. The Hall–Kier alpha value is -3.41. The van der Waals surface area contributed by atoms with E-state index in [2.05, 4.69) is 0 Å². The number of ether oxygens (including phenoxy) is 2. The number of hydrogen-bond donors (Lipinski definition) is 0. The number of benzene rings is 2. The number of nitrogens with zero attached hydrogens (tertiary/aromatic N) is 1. The number of likely N-dealkylation sites (tertiary alicyclic amines) is 1. The predicted octanol–water partition coefficient (Wildman–Crippen LogP) is 4.61. The van der Waals surface area contributed by atoms with E-state index in [1.807, 2.05) is 54.6 Å². The van der Waals surface area contributed by atoms with Crippen LogP contribution >= 0.6 is 0 Å². The summed E-state index contributed by atoms with van der Waals surface area (Å²) in [5, 5.41) is 0. The summed E-state index contributed by atoms with van der Waals surface area (Å²) >= 11 is 0. The summed E-state index contributed by atoms with van der Waals surface area (Å²) in [7, 11) is 0. The van der Waals surface area contributed by atoms with Crippen molar-refractivity contribution in [3.05, 3.63) is 71.8 Å². The molecule has 0 spiro atoms. The van der Waals surface area contributed by atoms with Crippen LogP contribution in [0.2, 0.25) is 0 Å². The van der Waals surface area contributed by atoms with Gasteiger partial charge in [-0.05, 0) is 56.9 Å². The first-order valence-electron chi connectivity index (χ1n) is 10.7. The average molecular weight is 436 g/mol. The van der Waals surface area contributed by atoms with Gasteiger partial charge >= 0.3 is 11.9 Å². The fraction of sp³-hybridized carbons (Fsp3) is 0.346. The summed E-state index contributed by atoms with van der Waals surface area (Å²) in [6.45, 7) is 5.86. The zero-order valence-electron chi connectivity index (χ0n) is 18.8. The van der Waals surface area contributed by atoms with E-state index in [1.165, 1.54) is 6.08 Å². The van der Waals surface area contributed by atoms with Gasteiger partial charge in [-0.1, -0.05) is 48.0 Å². The highest BCUT2D eigenvalue weighted by Gasteiger charge is 2.24. The Morgan fingerprint density at radius 1 is 0.875 bits per heavy atom. The summed E-state index contributed by atoms with van der Waals surface area (Å²) in [5.74, 6) is -0.986. The van der Waals surface area contributed by atoms with E-state index in [0.717, 1.165) is 16.7 Å². The Labute approximate surface area is 188 Å². The number of piperidine rings is 1. The van der Waals surface area contributed by atoms with Crippen molar-refractivity contribution in [1.82, 2.24) is 4.90 Å². The van der Waals surface area contributed by atoms with Crippen molar-refractivity contribution < 1.29 is 23.9 Å². The van der Waals surface area contributed by atoms with Gasteiger partial charge in [0.1, 0.15) is 0 Å². The maximum atomic E-state index is 12.8. The molecule has 0 unspecified atom stereocenters. The maximum absolute atomic E-state index is 12.8. The molecule has 1 fully saturated rings. The van der Waals surface area contributed by atoms with Crippen LogP contribution < -0.4 is 0 Å². The number of amides is 1. The van der Waals surface area contributed by atoms with Crippen LogP contribution in [-0.4, -0.2) is 42.6 Å². The lowest BCUT2D eigenvalue weighted by Gasteiger charge is -2.28. The highest BCUT2D eigenvalue weighted by molar-refractivity contribution is 5.95. The number of rotatable bonds is 5. The monoisotopic (exact) mass is 435 g/mol. The second-order valence-electron chi connectivity index (χ2n) is 8.80. The molecule has 32 heavy (non-hydrogen) atoms. The fourth-order valence-electron chi connectivity index (χ4n) is 3.33.